The van der Waals surface area contributed by atoms with Crippen molar-refractivity contribution in [2.45, 2.75) is 25.8 Å². The van der Waals surface area contributed by atoms with Gasteiger partial charge in [-0.1, -0.05) is 18.2 Å². The van der Waals surface area contributed by atoms with Crippen molar-refractivity contribution in [3.63, 3.8) is 0 Å². The number of carbonyl (C=O) groups excluding carboxylic acids is 1. The number of fused-ring (bicyclic) bond motifs is 1. The maximum absolute atomic E-state index is 12.2. The number of hydrogen-bond donors (Lipinski definition) is 1. The van der Waals surface area contributed by atoms with Crippen LogP contribution in [0.2, 0.25) is 0 Å². The Bertz CT molecular complexity index is 797. The zero-order valence-electron chi connectivity index (χ0n) is 14.2. The number of carbonyl (C=O) groups is 1. The number of para-hydroxylation sites is 1. The monoisotopic (exact) mass is 325 g/mol. The van der Waals surface area contributed by atoms with E-state index in [1.54, 1.807) is 24.0 Å². The van der Waals surface area contributed by atoms with Gasteiger partial charge < -0.3 is 14.8 Å². The van der Waals surface area contributed by atoms with Gasteiger partial charge in [0, 0.05) is 50.3 Å². The average Bonchev–Trinajstić information content (AvgIpc) is 2.59. The highest BCUT2D eigenvalue weighted by Crippen LogP contribution is 2.29. The van der Waals surface area contributed by atoms with Crippen LogP contribution in [0.15, 0.2) is 47.5 Å². The van der Waals surface area contributed by atoms with E-state index in [-0.39, 0.29) is 16.9 Å². The van der Waals surface area contributed by atoms with Crippen LogP contribution in [0.1, 0.15) is 29.3 Å². The van der Waals surface area contributed by atoms with Crippen LogP contribution in [0.4, 0.5) is 5.69 Å². The van der Waals surface area contributed by atoms with Crippen molar-refractivity contribution >= 4 is 11.6 Å². The van der Waals surface area contributed by atoms with E-state index in [1.807, 2.05) is 0 Å². The molecule has 0 bridgehead atoms. The number of nitrogens with one attached hydrogen (secondary N) is 1. The van der Waals surface area contributed by atoms with E-state index in [0.29, 0.717) is 12.6 Å². The van der Waals surface area contributed by atoms with Crippen LogP contribution in [0.25, 0.3) is 0 Å². The second-order valence-electron chi connectivity index (χ2n) is 6.35. The largest absolute Gasteiger partial charge is 0.367 e. The summed E-state index contributed by atoms with van der Waals surface area (Å²) in [6.45, 7) is 3.46. The van der Waals surface area contributed by atoms with E-state index in [2.05, 4.69) is 41.4 Å². The summed E-state index contributed by atoms with van der Waals surface area (Å²) >= 11 is 0. The molecule has 0 fully saturated rings. The van der Waals surface area contributed by atoms with Gasteiger partial charge in [0.15, 0.2) is 5.43 Å². The molecule has 1 aliphatic heterocycles. The van der Waals surface area contributed by atoms with Crippen molar-refractivity contribution in [3.8, 4) is 0 Å². The molecule has 5 heteroatoms. The second kappa shape index (κ2) is 6.91. The summed E-state index contributed by atoms with van der Waals surface area (Å²) in [7, 11) is 1.79. The number of benzene rings is 1. The third-order valence-corrected chi connectivity index (χ3v) is 4.61. The molecular formula is C19H23N3O2. The number of hydrogen-bond acceptors (Lipinski definition) is 3. The Hall–Kier alpha value is -2.56. The Morgan fingerprint density at radius 2 is 2.08 bits per heavy atom. The Balaban J connectivity index is 1.65. The fourth-order valence-corrected chi connectivity index (χ4v) is 3.24. The zero-order chi connectivity index (χ0) is 17.1. The third kappa shape index (κ3) is 3.35. The van der Waals surface area contributed by atoms with Crippen molar-refractivity contribution in [1.82, 2.24) is 9.88 Å². The minimum Gasteiger partial charge on any atom is -0.367 e. The second-order valence-corrected chi connectivity index (χ2v) is 6.35. The van der Waals surface area contributed by atoms with Crippen molar-refractivity contribution in [2.24, 2.45) is 7.05 Å². The van der Waals surface area contributed by atoms with Crippen molar-refractivity contribution < 1.29 is 4.79 Å². The van der Waals surface area contributed by atoms with Crippen LogP contribution in [0.5, 0.6) is 0 Å². The average molecular weight is 325 g/mol. The van der Waals surface area contributed by atoms with E-state index < -0.39 is 0 Å². The summed E-state index contributed by atoms with van der Waals surface area (Å²) in [5.74, 6) is -0.311. The highest BCUT2D eigenvalue weighted by molar-refractivity contribution is 5.93. The van der Waals surface area contributed by atoms with Crippen molar-refractivity contribution in [2.75, 3.05) is 18.0 Å². The fraction of sp³-hybridized carbons (Fsp3) is 0.368. The van der Waals surface area contributed by atoms with Gasteiger partial charge in [-0.3, -0.25) is 9.59 Å². The standard InChI is InChI=1S/C19H23N3O2/c1-14-7-8-15-5-3-4-6-17(15)22(14)12-10-20-19(24)16-13-21(2)11-9-18(16)23/h3-6,9,11,13-14H,7-8,10,12H2,1-2H3,(H,20,24). The lowest BCUT2D eigenvalue weighted by Crippen LogP contribution is -2.43. The molecule has 0 spiro atoms. The van der Waals surface area contributed by atoms with Gasteiger partial charge in [0.05, 0.1) is 0 Å². The summed E-state index contributed by atoms with van der Waals surface area (Å²) in [6, 6.07) is 10.3. The molecule has 126 valence electrons. The summed E-state index contributed by atoms with van der Waals surface area (Å²) < 4.78 is 1.71. The van der Waals surface area contributed by atoms with Crippen LogP contribution < -0.4 is 15.6 Å². The van der Waals surface area contributed by atoms with Gasteiger partial charge in [0.25, 0.3) is 5.91 Å². The minimum absolute atomic E-state index is 0.187. The molecule has 1 aromatic carbocycles. The molecule has 5 nitrogen and oxygen atoms in total. The van der Waals surface area contributed by atoms with Gasteiger partial charge >= 0.3 is 0 Å². The highest BCUT2D eigenvalue weighted by atomic mass is 16.2. The number of nitrogens with zero attached hydrogens (tertiary/aromatic N) is 2. The Kier molecular flexibility index (Phi) is 4.69. The highest BCUT2D eigenvalue weighted by Gasteiger charge is 2.22. The van der Waals surface area contributed by atoms with E-state index in [1.165, 1.54) is 17.3 Å². The number of amides is 1. The molecule has 2 aromatic rings. The van der Waals surface area contributed by atoms with E-state index >= 15 is 0 Å². The molecule has 0 aliphatic carbocycles. The number of rotatable bonds is 4. The van der Waals surface area contributed by atoms with Gasteiger partial charge in [-0.25, -0.2) is 0 Å². The topological polar surface area (TPSA) is 54.3 Å². The molecule has 1 atom stereocenters. The molecule has 0 saturated carbocycles. The molecule has 2 heterocycles. The normalized spacial score (nSPS) is 16.6. The summed E-state index contributed by atoms with van der Waals surface area (Å²) in [6.07, 6.45) is 5.42. The van der Waals surface area contributed by atoms with Crippen LogP contribution in [-0.4, -0.2) is 29.6 Å². The maximum Gasteiger partial charge on any atom is 0.256 e. The maximum atomic E-state index is 12.2. The number of aromatic nitrogens is 1. The quantitative estimate of drug-likeness (QED) is 0.935. The molecule has 0 saturated heterocycles. The first kappa shape index (κ1) is 16.3. The van der Waals surface area contributed by atoms with Crippen molar-refractivity contribution in [3.05, 3.63) is 64.1 Å². The van der Waals surface area contributed by atoms with Gasteiger partial charge in [-0.05, 0) is 31.4 Å². The lowest BCUT2D eigenvalue weighted by Gasteiger charge is -2.37. The van der Waals surface area contributed by atoms with E-state index in [4.69, 9.17) is 0 Å². The lowest BCUT2D eigenvalue weighted by molar-refractivity contribution is 0.0952. The first-order valence-electron chi connectivity index (χ1n) is 8.35. The van der Waals surface area contributed by atoms with Gasteiger partial charge in [-0.15, -0.1) is 0 Å². The first-order valence-corrected chi connectivity index (χ1v) is 8.35. The van der Waals surface area contributed by atoms with Gasteiger partial charge in [-0.2, -0.15) is 0 Å². The van der Waals surface area contributed by atoms with E-state index in [9.17, 15) is 9.59 Å². The fourth-order valence-electron chi connectivity index (χ4n) is 3.24. The summed E-state index contributed by atoms with van der Waals surface area (Å²) in [5.41, 5.74) is 2.55. The lowest BCUT2D eigenvalue weighted by atomic mass is 9.97. The Morgan fingerprint density at radius 3 is 2.92 bits per heavy atom. The van der Waals surface area contributed by atoms with Gasteiger partial charge in [0.2, 0.25) is 0 Å². The molecule has 1 aliphatic rings. The van der Waals surface area contributed by atoms with Gasteiger partial charge in [0.1, 0.15) is 5.56 Å². The SMILES string of the molecule is CC1CCc2ccccc2N1CCNC(=O)c1cn(C)ccc1=O. The molecule has 1 unspecified atom stereocenters. The molecule has 0 radical (unpaired) electrons. The van der Waals surface area contributed by atoms with E-state index in [0.717, 1.165) is 19.4 Å². The van der Waals surface area contributed by atoms with Crippen LogP contribution in [0, 0.1) is 0 Å². The van der Waals surface area contributed by atoms with Crippen molar-refractivity contribution in [1.29, 1.82) is 0 Å². The predicted molar refractivity (Wildman–Crippen MR) is 95.6 cm³/mol. The molecule has 3 rings (SSSR count). The summed E-state index contributed by atoms with van der Waals surface area (Å²) in [4.78, 5) is 26.4. The number of aryl methyl sites for hydroxylation is 2. The van der Waals surface area contributed by atoms with Crippen LogP contribution >= 0.6 is 0 Å². The number of anilines is 1. The molecule has 24 heavy (non-hydrogen) atoms. The number of pyridine rings is 1. The first-order chi connectivity index (χ1) is 11.6. The zero-order valence-corrected chi connectivity index (χ0v) is 14.2. The minimum atomic E-state index is -0.311. The molecule has 1 amide bonds. The smallest absolute Gasteiger partial charge is 0.256 e. The third-order valence-electron chi connectivity index (χ3n) is 4.61. The predicted octanol–water partition coefficient (Wildman–Crippen LogP) is 1.96. The summed E-state index contributed by atoms with van der Waals surface area (Å²) in [5, 5.41) is 2.87. The Morgan fingerprint density at radius 1 is 1.29 bits per heavy atom. The Labute approximate surface area is 141 Å². The van der Waals surface area contributed by atoms with Crippen LogP contribution in [-0.2, 0) is 13.5 Å². The molecule has 1 N–H and O–H groups in total. The van der Waals surface area contributed by atoms with Crippen LogP contribution in [0.3, 0.4) is 0 Å². The molecule has 1 aromatic heterocycles. The molecular weight excluding hydrogens is 302 g/mol.